The topological polar surface area (TPSA) is 0 Å². The molecule has 0 fully saturated rings. The molecule has 1 aliphatic rings. The summed E-state index contributed by atoms with van der Waals surface area (Å²) in [5, 5.41) is 12.7. The molecule has 0 amide bonds. The van der Waals surface area contributed by atoms with Gasteiger partial charge in [-0.1, -0.05) is 172 Å². The summed E-state index contributed by atoms with van der Waals surface area (Å²) in [5.41, 5.74) is 15.3. The molecule has 59 heavy (non-hydrogen) atoms. The summed E-state index contributed by atoms with van der Waals surface area (Å²) in [6, 6.07) is 77.2. The smallest absolute Gasteiger partial charge is 0.0159 e. The molecule has 0 heteroatoms. The fourth-order valence-corrected chi connectivity index (χ4v) is 10.1. The van der Waals surface area contributed by atoms with E-state index in [1.54, 1.807) is 0 Å². The van der Waals surface area contributed by atoms with Crippen molar-refractivity contribution in [2.24, 2.45) is 0 Å². The number of rotatable bonds is 4. The van der Waals surface area contributed by atoms with E-state index >= 15 is 0 Å². The first-order valence-electron chi connectivity index (χ1n) is 20.7. The largest absolute Gasteiger partial charge is 0.0619 e. The van der Waals surface area contributed by atoms with Crippen LogP contribution in [0.4, 0.5) is 0 Å². The van der Waals surface area contributed by atoms with Crippen LogP contribution in [-0.2, 0) is 5.41 Å². The zero-order valence-electron chi connectivity index (χ0n) is 33.1. The van der Waals surface area contributed by atoms with Crippen LogP contribution in [0.2, 0.25) is 0 Å². The molecule has 0 radical (unpaired) electrons. The van der Waals surface area contributed by atoms with Gasteiger partial charge in [0.1, 0.15) is 0 Å². The lowest BCUT2D eigenvalue weighted by Crippen LogP contribution is -2.14. The van der Waals surface area contributed by atoms with Gasteiger partial charge in [-0.2, -0.15) is 0 Å². The van der Waals surface area contributed by atoms with E-state index in [0.717, 1.165) is 0 Å². The number of benzene rings is 11. The zero-order chi connectivity index (χ0) is 39.2. The standard InChI is InChI=1S/C59H40/c1-59(2)56-18-10-9-16-52(56)53-28-27-45(36-57(53)59)42-23-22-41-31-44(25-24-40(41)30-42)48-32-47(43-21-19-37-11-3-4-13-39(37)29-43)33-49(34-48)55-35-46-26-20-38-12-5-6-14-50(38)58(46)54-17-8-7-15-51(54)55/h3-36H,1-2H3. The molecule has 11 aromatic carbocycles. The molecule has 1 aliphatic carbocycles. The molecule has 0 bridgehead atoms. The fourth-order valence-electron chi connectivity index (χ4n) is 10.1. The third-order valence-corrected chi connectivity index (χ3v) is 13.2. The highest BCUT2D eigenvalue weighted by Gasteiger charge is 2.35. The van der Waals surface area contributed by atoms with Crippen LogP contribution >= 0.6 is 0 Å². The summed E-state index contributed by atoms with van der Waals surface area (Å²) >= 11 is 0. The van der Waals surface area contributed by atoms with Crippen molar-refractivity contribution in [1.82, 2.24) is 0 Å². The predicted molar refractivity (Wildman–Crippen MR) is 253 cm³/mol. The van der Waals surface area contributed by atoms with Gasteiger partial charge in [0.15, 0.2) is 0 Å². The van der Waals surface area contributed by atoms with Crippen LogP contribution in [0.1, 0.15) is 25.0 Å². The first-order valence-corrected chi connectivity index (χ1v) is 20.7. The van der Waals surface area contributed by atoms with Gasteiger partial charge < -0.3 is 0 Å². The Hall–Kier alpha value is -7.28. The van der Waals surface area contributed by atoms with Crippen LogP contribution in [0.15, 0.2) is 206 Å². The van der Waals surface area contributed by atoms with Crippen LogP contribution in [-0.4, -0.2) is 0 Å². The van der Waals surface area contributed by atoms with Crippen molar-refractivity contribution in [2.75, 3.05) is 0 Å². The zero-order valence-corrected chi connectivity index (χ0v) is 33.1. The van der Waals surface area contributed by atoms with E-state index < -0.39 is 0 Å². The van der Waals surface area contributed by atoms with Gasteiger partial charge in [-0.25, -0.2) is 0 Å². The van der Waals surface area contributed by atoms with Crippen LogP contribution in [0.3, 0.4) is 0 Å². The van der Waals surface area contributed by atoms with Gasteiger partial charge in [0.2, 0.25) is 0 Å². The third kappa shape index (κ3) is 5.37. The maximum absolute atomic E-state index is 2.42. The summed E-state index contributed by atoms with van der Waals surface area (Å²) in [7, 11) is 0. The quantitative estimate of drug-likeness (QED) is 0.157. The minimum absolute atomic E-state index is 0.0263. The average molecular weight is 749 g/mol. The van der Waals surface area contributed by atoms with Crippen LogP contribution in [0.25, 0.3) is 109 Å². The lowest BCUT2D eigenvalue weighted by Gasteiger charge is -2.22. The Labute approximate surface area is 344 Å². The van der Waals surface area contributed by atoms with E-state index in [4.69, 9.17) is 0 Å². The SMILES string of the molecule is CC1(C)c2ccccc2-c2ccc(-c3ccc4cc(-c5cc(-c6ccc7ccccc7c6)cc(-c6cc7ccc8ccccc8c7c7ccccc67)c5)ccc4c3)cc21. The molecule has 12 rings (SSSR count). The molecule has 0 atom stereocenters. The van der Waals surface area contributed by atoms with Gasteiger partial charge in [-0.3, -0.25) is 0 Å². The molecule has 0 aromatic heterocycles. The van der Waals surface area contributed by atoms with E-state index in [1.807, 2.05) is 0 Å². The second kappa shape index (κ2) is 12.9. The van der Waals surface area contributed by atoms with Gasteiger partial charge in [-0.15, -0.1) is 0 Å². The number of hydrogen-bond acceptors (Lipinski definition) is 0. The summed E-state index contributed by atoms with van der Waals surface area (Å²) in [4.78, 5) is 0. The van der Waals surface area contributed by atoms with Crippen LogP contribution in [0.5, 0.6) is 0 Å². The van der Waals surface area contributed by atoms with E-state index in [9.17, 15) is 0 Å². The van der Waals surface area contributed by atoms with Crippen LogP contribution < -0.4 is 0 Å². The normalized spacial score (nSPS) is 13.1. The van der Waals surface area contributed by atoms with Crippen molar-refractivity contribution >= 4 is 53.9 Å². The maximum atomic E-state index is 2.42. The monoisotopic (exact) mass is 748 g/mol. The van der Waals surface area contributed by atoms with Crippen molar-refractivity contribution < 1.29 is 0 Å². The molecular weight excluding hydrogens is 709 g/mol. The average Bonchev–Trinajstić information content (AvgIpc) is 3.53. The Bertz CT molecular complexity index is 3530. The predicted octanol–water partition coefficient (Wildman–Crippen LogP) is 16.4. The molecule has 11 aromatic rings. The van der Waals surface area contributed by atoms with Crippen molar-refractivity contribution in [3.63, 3.8) is 0 Å². The molecular formula is C59H40. The van der Waals surface area contributed by atoms with Gasteiger partial charge in [0.05, 0.1) is 0 Å². The fraction of sp³-hybridized carbons (Fsp3) is 0.0508. The van der Waals surface area contributed by atoms with E-state index in [1.165, 1.54) is 121 Å². The molecule has 0 spiro atoms. The number of hydrogen-bond donors (Lipinski definition) is 0. The Balaban J connectivity index is 1.01. The molecule has 276 valence electrons. The Kier molecular flexibility index (Phi) is 7.38. The minimum Gasteiger partial charge on any atom is -0.0619 e. The first kappa shape index (κ1) is 33.8. The summed E-state index contributed by atoms with van der Waals surface area (Å²) in [6.07, 6.45) is 0. The number of fused-ring (bicyclic) bond motifs is 10. The van der Waals surface area contributed by atoms with Crippen molar-refractivity contribution in [3.8, 4) is 55.6 Å². The molecule has 0 unspecified atom stereocenters. The highest BCUT2D eigenvalue weighted by molar-refractivity contribution is 6.23. The van der Waals surface area contributed by atoms with Gasteiger partial charge in [-0.05, 0) is 169 Å². The van der Waals surface area contributed by atoms with E-state index in [0.29, 0.717) is 0 Å². The maximum Gasteiger partial charge on any atom is 0.0159 e. The second-order valence-corrected chi connectivity index (χ2v) is 16.9. The highest BCUT2D eigenvalue weighted by atomic mass is 14.4. The molecule has 0 saturated carbocycles. The second-order valence-electron chi connectivity index (χ2n) is 16.9. The Morgan fingerprint density at radius 2 is 0.729 bits per heavy atom. The highest BCUT2D eigenvalue weighted by Crippen LogP contribution is 2.50. The van der Waals surface area contributed by atoms with Gasteiger partial charge >= 0.3 is 0 Å². The molecule has 0 saturated heterocycles. The van der Waals surface area contributed by atoms with Crippen molar-refractivity contribution in [2.45, 2.75) is 19.3 Å². The molecule has 0 aliphatic heterocycles. The lowest BCUT2D eigenvalue weighted by atomic mass is 9.81. The van der Waals surface area contributed by atoms with Crippen molar-refractivity contribution in [3.05, 3.63) is 217 Å². The first-order chi connectivity index (χ1) is 29.0. The van der Waals surface area contributed by atoms with Crippen LogP contribution in [0, 0.1) is 0 Å². The van der Waals surface area contributed by atoms with E-state index in [2.05, 4.69) is 220 Å². The van der Waals surface area contributed by atoms with E-state index in [-0.39, 0.29) is 5.41 Å². The Morgan fingerprint density at radius 3 is 1.47 bits per heavy atom. The van der Waals surface area contributed by atoms with Gasteiger partial charge in [0, 0.05) is 5.41 Å². The third-order valence-electron chi connectivity index (χ3n) is 13.2. The summed E-state index contributed by atoms with van der Waals surface area (Å²) in [6.45, 7) is 4.71. The minimum atomic E-state index is -0.0263. The summed E-state index contributed by atoms with van der Waals surface area (Å²) < 4.78 is 0. The molecule has 0 nitrogen and oxygen atoms in total. The van der Waals surface area contributed by atoms with Crippen molar-refractivity contribution in [1.29, 1.82) is 0 Å². The molecule has 0 heterocycles. The molecule has 0 N–H and O–H groups in total. The lowest BCUT2D eigenvalue weighted by molar-refractivity contribution is 0.660. The van der Waals surface area contributed by atoms with Gasteiger partial charge in [0.25, 0.3) is 0 Å². The summed E-state index contributed by atoms with van der Waals surface area (Å²) in [5.74, 6) is 0. The Morgan fingerprint density at radius 1 is 0.254 bits per heavy atom.